The largest absolute Gasteiger partial charge is 0.399 e. The van der Waals surface area contributed by atoms with E-state index in [1.54, 1.807) is 0 Å². The summed E-state index contributed by atoms with van der Waals surface area (Å²) in [5.74, 6) is 0. The highest BCUT2D eigenvalue weighted by molar-refractivity contribution is 5.48. The van der Waals surface area contributed by atoms with Gasteiger partial charge in [0.2, 0.25) is 0 Å². The van der Waals surface area contributed by atoms with Crippen molar-refractivity contribution in [2.75, 3.05) is 25.9 Å². The van der Waals surface area contributed by atoms with Crippen LogP contribution in [0.1, 0.15) is 25.0 Å². The fraction of sp³-hybridized carbons (Fsp3) is 0.571. The Bertz CT molecular complexity index is 350. The highest BCUT2D eigenvalue weighted by Gasteiger charge is 2.02. The highest BCUT2D eigenvalue weighted by atomic mass is 16.5. The SMILES string of the molecule is Cc1ccc(CN(C)CCOC(C)C)cc1N. The Morgan fingerprint density at radius 1 is 1.35 bits per heavy atom. The van der Waals surface area contributed by atoms with Crippen LogP contribution in [0.25, 0.3) is 0 Å². The molecule has 0 unspecified atom stereocenters. The van der Waals surface area contributed by atoms with Crippen molar-refractivity contribution in [3.8, 4) is 0 Å². The summed E-state index contributed by atoms with van der Waals surface area (Å²) >= 11 is 0. The first-order chi connectivity index (χ1) is 7.99. The molecule has 0 aliphatic rings. The van der Waals surface area contributed by atoms with Gasteiger partial charge in [0, 0.05) is 18.8 Å². The standard InChI is InChI=1S/C14H24N2O/c1-11(2)17-8-7-16(4)10-13-6-5-12(3)14(15)9-13/h5-6,9,11H,7-8,10,15H2,1-4H3. The molecule has 1 aromatic rings. The number of rotatable bonds is 6. The van der Waals surface area contributed by atoms with Gasteiger partial charge in [-0.05, 0) is 45.0 Å². The summed E-state index contributed by atoms with van der Waals surface area (Å²) in [4.78, 5) is 2.24. The zero-order valence-corrected chi connectivity index (χ0v) is 11.4. The molecule has 2 N–H and O–H groups in total. The Balaban J connectivity index is 2.39. The molecular formula is C14H24N2O. The molecule has 3 heteroatoms. The third-order valence-corrected chi connectivity index (χ3v) is 2.72. The van der Waals surface area contributed by atoms with Gasteiger partial charge in [-0.1, -0.05) is 12.1 Å². The third-order valence-electron chi connectivity index (χ3n) is 2.72. The minimum Gasteiger partial charge on any atom is -0.399 e. The van der Waals surface area contributed by atoms with E-state index < -0.39 is 0 Å². The molecule has 0 saturated carbocycles. The number of ether oxygens (including phenoxy) is 1. The van der Waals surface area contributed by atoms with Crippen molar-refractivity contribution in [3.63, 3.8) is 0 Å². The Kier molecular flexibility index (Phi) is 5.45. The van der Waals surface area contributed by atoms with Crippen LogP contribution >= 0.6 is 0 Å². The second-order valence-corrected chi connectivity index (χ2v) is 4.85. The first kappa shape index (κ1) is 14.0. The lowest BCUT2D eigenvalue weighted by molar-refractivity contribution is 0.0627. The number of nitrogens with zero attached hydrogens (tertiary/aromatic N) is 1. The van der Waals surface area contributed by atoms with Gasteiger partial charge in [0.1, 0.15) is 0 Å². The van der Waals surface area contributed by atoms with Gasteiger partial charge in [-0.2, -0.15) is 0 Å². The van der Waals surface area contributed by atoms with Gasteiger partial charge >= 0.3 is 0 Å². The average molecular weight is 236 g/mol. The Morgan fingerprint density at radius 3 is 2.65 bits per heavy atom. The lowest BCUT2D eigenvalue weighted by Gasteiger charge is -2.18. The van der Waals surface area contributed by atoms with Gasteiger partial charge in [-0.15, -0.1) is 0 Å². The number of nitrogens with two attached hydrogens (primary N) is 1. The van der Waals surface area contributed by atoms with Crippen molar-refractivity contribution in [3.05, 3.63) is 29.3 Å². The molecule has 0 radical (unpaired) electrons. The number of hydrogen-bond donors (Lipinski definition) is 1. The molecule has 0 amide bonds. The van der Waals surface area contributed by atoms with E-state index in [-0.39, 0.29) is 0 Å². The molecule has 1 rings (SSSR count). The molecule has 17 heavy (non-hydrogen) atoms. The molecule has 0 heterocycles. The molecule has 1 aromatic carbocycles. The van der Waals surface area contributed by atoms with E-state index in [2.05, 4.69) is 44.0 Å². The number of aryl methyl sites for hydroxylation is 1. The van der Waals surface area contributed by atoms with Crippen LogP contribution in [0.15, 0.2) is 18.2 Å². The fourth-order valence-corrected chi connectivity index (χ4v) is 1.62. The zero-order chi connectivity index (χ0) is 12.8. The summed E-state index contributed by atoms with van der Waals surface area (Å²) in [6.07, 6.45) is 0.304. The van der Waals surface area contributed by atoms with Crippen molar-refractivity contribution < 1.29 is 4.74 Å². The predicted molar refractivity (Wildman–Crippen MR) is 73.0 cm³/mol. The van der Waals surface area contributed by atoms with Crippen LogP contribution in [0.3, 0.4) is 0 Å². The topological polar surface area (TPSA) is 38.5 Å². The number of likely N-dealkylation sites (N-methyl/N-ethyl adjacent to an activating group) is 1. The molecule has 0 spiro atoms. The van der Waals surface area contributed by atoms with E-state index in [0.29, 0.717) is 6.10 Å². The van der Waals surface area contributed by atoms with Crippen molar-refractivity contribution in [1.82, 2.24) is 4.90 Å². The summed E-state index contributed by atoms with van der Waals surface area (Å²) < 4.78 is 5.53. The smallest absolute Gasteiger partial charge is 0.0596 e. The zero-order valence-electron chi connectivity index (χ0n) is 11.4. The van der Waals surface area contributed by atoms with E-state index >= 15 is 0 Å². The number of nitrogen functional groups attached to an aromatic ring is 1. The molecule has 0 bridgehead atoms. The molecule has 96 valence electrons. The number of hydrogen-bond acceptors (Lipinski definition) is 3. The van der Waals surface area contributed by atoms with Gasteiger partial charge in [0.05, 0.1) is 12.7 Å². The number of benzene rings is 1. The molecule has 0 fully saturated rings. The molecule has 0 aliphatic carbocycles. The lowest BCUT2D eigenvalue weighted by atomic mass is 10.1. The fourth-order valence-electron chi connectivity index (χ4n) is 1.62. The molecule has 0 saturated heterocycles. The quantitative estimate of drug-likeness (QED) is 0.771. The first-order valence-corrected chi connectivity index (χ1v) is 6.14. The predicted octanol–water partition coefficient (Wildman–Crippen LogP) is 2.43. The Hall–Kier alpha value is -1.06. The van der Waals surface area contributed by atoms with Crippen LogP contribution in [0.2, 0.25) is 0 Å². The van der Waals surface area contributed by atoms with Crippen LogP contribution < -0.4 is 5.73 Å². The monoisotopic (exact) mass is 236 g/mol. The van der Waals surface area contributed by atoms with Crippen LogP contribution in [0.5, 0.6) is 0 Å². The van der Waals surface area contributed by atoms with Gasteiger partial charge in [-0.3, -0.25) is 4.90 Å². The lowest BCUT2D eigenvalue weighted by Crippen LogP contribution is -2.24. The molecule has 0 atom stereocenters. The van der Waals surface area contributed by atoms with Gasteiger partial charge < -0.3 is 10.5 Å². The molecule has 0 aliphatic heterocycles. The normalized spacial score (nSPS) is 11.4. The van der Waals surface area contributed by atoms with E-state index in [0.717, 1.165) is 30.9 Å². The maximum Gasteiger partial charge on any atom is 0.0596 e. The minimum atomic E-state index is 0.304. The van der Waals surface area contributed by atoms with Gasteiger partial charge in [0.25, 0.3) is 0 Å². The van der Waals surface area contributed by atoms with Crippen molar-refractivity contribution >= 4 is 5.69 Å². The van der Waals surface area contributed by atoms with Crippen molar-refractivity contribution in [2.45, 2.75) is 33.4 Å². The van der Waals surface area contributed by atoms with Crippen LogP contribution in [-0.4, -0.2) is 31.2 Å². The molecule has 3 nitrogen and oxygen atoms in total. The minimum absolute atomic E-state index is 0.304. The summed E-state index contributed by atoms with van der Waals surface area (Å²) in [6, 6.07) is 6.25. The second kappa shape index (κ2) is 6.62. The summed E-state index contributed by atoms with van der Waals surface area (Å²) in [5.41, 5.74) is 9.15. The molecule has 0 aromatic heterocycles. The van der Waals surface area contributed by atoms with Crippen molar-refractivity contribution in [2.24, 2.45) is 0 Å². The van der Waals surface area contributed by atoms with E-state index in [1.165, 1.54) is 5.56 Å². The van der Waals surface area contributed by atoms with Crippen LogP contribution in [-0.2, 0) is 11.3 Å². The maximum absolute atomic E-state index is 5.89. The third kappa shape index (κ3) is 5.20. The Labute approximate surface area is 105 Å². The van der Waals surface area contributed by atoms with Gasteiger partial charge in [-0.25, -0.2) is 0 Å². The van der Waals surface area contributed by atoms with Gasteiger partial charge in [0.15, 0.2) is 0 Å². The highest BCUT2D eigenvalue weighted by Crippen LogP contribution is 2.14. The van der Waals surface area contributed by atoms with Crippen LogP contribution in [0.4, 0.5) is 5.69 Å². The van der Waals surface area contributed by atoms with Crippen LogP contribution in [0, 0.1) is 6.92 Å². The first-order valence-electron chi connectivity index (χ1n) is 6.14. The summed E-state index contributed by atoms with van der Waals surface area (Å²) in [5, 5.41) is 0. The Morgan fingerprint density at radius 2 is 2.06 bits per heavy atom. The van der Waals surface area contributed by atoms with E-state index in [1.807, 2.05) is 6.92 Å². The number of anilines is 1. The summed E-state index contributed by atoms with van der Waals surface area (Å²) in [6.45, 7) is 8.76. The summed E-state index contributed by atoms with van der Waals surface area (Å²) in [7, 11) is 2.10. The maximum atomic E-state index is 5.89. The van der Waals surface area contributed by atoms with E-state index in [4.69, 9.17) is 10.5 Å². The second-order valence-electron chi connectivity index (χ2n) is 4.85. The van der Waals surface area contributed by atoms with Crippen molar-refractivity contribution in [1.29, 1.82) is 0 Å². The average Bonchev–Trinajstić information content (AvgIpc) is 2.23. The van der Waals surface area contributed by atoms with E-state index in [9.17, 15) is 0 Å². The molecular weight excluding hydrogens is 212 g/mol.